The van der Waals surface area contributed by atoms with Gasteiger partial charge in [-0.2, -0.15) is 0 Å². The van der Waals surface area contributed by atoms with Gasteiger partial charge in [-0.1, -0.05) is 6.92 Å². The van der Waals surface area contributed by atoms with Gasteiger partial charge in [-0.15, -0.1) is 0 Å². The van der Waals surface area contributed by atoms with Crippen molar-refractivity contribution in [1.82, 2.24) is 9.55 Å². The van der Waals surface area contributed by atoms with Crippen LogP contribution in [0.15, 0.2) is 6.20 Å². The summed E-state index contributed by atoms with van der Waals surface area (Å²) in [5.74, 6) is 1.05. The second kappa shape index (κ2) is 3.72. The molecule has 1 N–H and O–H groups in total. The number of rotatable bonds is 3. The Morgan fingerprint density at radius 2 is 2.33 bits per heavy atom. The summed E-state index contributed by atoms with van der Waals surface area (Å²) in [7, 11) is 1.94. The lowest BCUT2D eigenvalue weighted by Crippen LogP contribution is -2.04. The Morgan fingerprint density at radius 1 is 1.67 bits per heavy atom. The van der Waals surface area contributed by atoms with Crippen molar-refractivity contribution in [3.05, 3.63) is 17.7 Å². The van der Waals surface area contributed by atoms with Gasteiger partial charge in [0.1, 0.15) is 5.82 Å². The monoisotopic (exact) mass is 168 g/mol. The molecule has 0 fully saturated rings. The molecule has 0 saturated carbocycles. The van der Waals surface area contributed by atoms with Gasteiger partial charge in [0.05, 0.1) is 18.0 Å². The lowest BCUT2D eigenvalue weighted by atomic mass is 10.3. The number of nitrogens with zero attached hydrogens (tertiary/aromatic N) is 2. The van der Waals surface area contributed by atoms with Crippen molar-refractivity contribution in [2.45, 2.75) is 32.8 Å². The summed E-state index contributed by atoms with van der Waals surface area (Å²) in [5.41, 5.74) is 0.887. The first-order valence-corrected chi connectivity index (χ1v) is 4.35. The quantitative estimate of drug-likeness (QED) is 0.741. The van der Waals surface area contributed by atoms with Crippen LogP contribution >= 0.6 is 0 Å². The summed E-state index contributed by atoms with van der Waals surface area (Å²) < 4.78 is 1.97. The molecule has 1 rings (SSSR count). The predicted molar refractivity (Wildman–Crippen MR) is 47.8 cm³/mol. The summed E-state index contributed by atoms with van der Waals surface area (Å²) in [5, 5.41) is 9.33. The average Bonchev–Trinajstić information content (AvgIpc) is 2.34. The molecule has 0 spiro atoms. The molecule has 1 unspecified atom stereocenters. The summed E-state index contributed by atoms with van der Waals surface area (Å²) in [4.78, 5) is 4.23. The van der Waals surface area contributed by atoms with Gasteiger partial charge in [-0.25, -0.2) is 4.98 Å². The Bertz CT molecular complexity index is 253. The van der Waals surface area contributed by atoms with Crippen LogP contribution < -0.4 is 0 Å². The van der Waals surface area contributed by atoms with Crippen molar-refractivity contribution in [2.75, 3.05) is 0 Å². The minimum atomic E-state index is -0.423. The molecule has 3 heteroatoms. The zero-order chi connectivity index (χ0) is 9.14. The Balaban J connectivity index is 2.88. The zero-order valence-corrected chi connectivity index (χ0v) is 7.91. The van der Waals surface area contributed by atoms with E-state index in [1.807, 2.05) is 11.6 Å². The second-order valence-corrected chi connectivity index (χ2v) is 3.08. The molecule has 1 atom stereocenters. The first-order valence-electron chi connectivity index (χ1n) is 4.35. The first-order chi connectivity index (χ1) is 5.66. The van der Waals surface area contributed by atoms with E-state index in [0.29, 0.717) is 0 Å². The molecule has 0 amide bonds. The molecule has 0 aliphatic heterocycles. The highest BCUT2D eigenvalue weighted by Gasteiger charge is 2.09. The van der Waals surface area contributed by atoms with Crippen molar-refractivity contribution >= 4 is 0 Å². The number of hydrogen-bond donors (Lipinski definition) is 1. The number of hydrogen-bond acceptors (Lipinski definition) is 2. The van der Waals surface area contributed by atoms with E-state index < -0.39 is 6.10 Å². The molecule has 0 bridgehead atoms. The molecule has 0 saturated heterocycles. The van der Waals surface area contributed by atoms with Crippen molar-refractivity contribution < 1.29 is 5.11 Å². The van der Waals surface area contributed by atoms with Crippen molar-refractivity contribution in [2.24, 2.45) is 7.05 Å². The van der Waals surface area contributed by atoms with Crippen LogP contribution in [0.4, 0.5) is 0 Å². The Kier molecular flexibility index (Phi) is 2.87. The van der Waals surface area contributed by atoms with Crippen LogP contribution in [0.2, 0.25) is 0 Å². The van der Waals surface area contributed by atoms with Crippen LogP contribution in [-0.2, 0) is 13.5 Å². The minimum absolute atomic E-state index is 0.423. The summed E-state index contributed by atoms with van der Waals surface area (Å²) >= 11 is 0. The van der Waals surface area contributed by atoms with Gasteiger partial charge in [0, 0.05) is 13.5 Å². The van der Waals surface area contributed by atoms with E-state index in [1.54, 1.807) is 13.1 Å². The normalized spacial score (nSPS) is 13.3. The van der Waals surface area contributed by atoms with Gasteiger partial charge in [0.25, 0.3) is 0 Å². The van der Waals surface area contributed by atoms with E-state index in [-0.39, 0.29) is 0 Å². The maximum atomic E-state index is 9.33. The molecular weight excluding hydrogens is 152 g/mol. The van der Waals surface area contributed by atoms with Crippen LogP contribution in [0.25, 0.3) is 0 Å². The third kappa shape index (κ3) is 1.67. The van der Waals surface area contributed by atoms with E-state index in [4.69, 9.17) is 0 Å². The Labute approximate surface area is 73.1 Å². The molecule has 0 radical (unpaired) electrons. The van der Waals surface area contributed by atoms with Crippen LogP contribution in [0.3, 0.4) is 0 Å². The third-order valence-electron chi connectivity index (χ3n) is 2.02. The average molecular weight is 168 g/mol. The van der Waals surface area contributed by atoms with E-state index >= 15 is 0 Å². The summed E-state index contributed by atoms with van der Waals surface area (Å²) in [6.45, 7) is 3.88. The topological polar surface area (TPSA) is 38.1 Å². The molecule has 68 valence electrons. The number of imidazole rings is 1. The lowest BCUT2D eigenvalue weighted by Gasteiger charge is -2.06. The molecule has 3 nitrogen and oxygen atoms in total. The smallest absolute Gasteiger partial charge is 0.108 e. The fourth-order valence-electron chi connectivity index (χ4n) is 1.31. The maximum Gasteiger partial charge on any atom is 0.108 e. The highest BCUT2D eigenvalue weighted by molar-refractivity contribution is 5.07. The predicted octanol–water partition coefficient (Wildman–Crippen LogP) is 1.43. The molecule has 1 heterocycles. The van der Waals surface area contributed by atoms with Crippen LogP contribution in [0.1, 0.15) is 37.9 Å². The summed E-state index contributed by atoms with van der Waals surface area (Å²) in [6, 6.07) is 0. The van der Waals surface area contributed by atoms with E-state index in [2.05, 4.69) is 11.9 Å². The summed E-state index contributed by atoms with van der Waals surface area (Å²) in [6.07, 6.45) is 3.39. The number of aliphatic hydroxyl groups is 1. The molecule has 1 aromatic heterocycles. The van der Waals surface area contributed by atoms with Gasteiger partial charge >= 0.3 is 0 Å². The number of aryl methyl sites for hydroxylation is 1. The van der Waals surface area contributed by atoms with E-state index in [0.717, 1.165) is 24.4 Å². The highest BCUT2D eigenvalue weighted by Crippen LogP contribution is 2.13. The fourth-order valence-corrected chi connectivity index (χ4v) is 1.31. The van der Waals surface area contributed by atoms with Crippen LogP contribution in [0.5, 0.6) is 0 Å². The van der Waals surface area contributed by atoms with Gasteiger partial charge in [0.15, 0.2) is 0 Å². The fraction of sp³-hybridized carbons (Fsp3) is 0.667. The lowest BCUT2D eigenvalue weighted by molar-refractivity contribution is 0.190. The Morgan fingerprint density at radius 3 is 2.75 bits per heavy atom. The van der Waals surface area contributed by atoms with E-state index in [1.165, 1.54) is 0 Å². The van der Waals surface area contributed by atoms with Crippen molar-refractivity contribution in [1.29, 1.82) is 0 Å². The van der Waals surface area contributed by atoms with Crippen molar-refractivity contribution in [3.8, 4) is 0 Å². The van der Waals surface area contributed by atoms with Gasteiger partial charge < -0.3 is 9.67 Å². The molecular formula is C9H16N2O. The second-order valence-electron chi connectivity index (χ2n) is 3.08. The molecule has 12 heavy (non-hydrogen) atoms. The van der Waals surface area contributed by atoms with Crippen LogP contribution in [-0.4, -0.2) is 14.7 Å². The van der Waals surface area contributed by atoms with Gasteiger partial charge in [-0.05, 0) is 13.3 Å². The standard InChI is InChI=1S/C9H16N2O/c1-4-5-9-10-6-8(7(2)12)11(9)3/h6-7,12H,4-5H2,1-3H3. The first kappa shape index (κ1) is 9.26. The third-order valence-corrected chi connectivity index (χ3v) is 2.02. The highest BCUT2D eigenvalue weighted by atomic mass is 16.3. The zero-order valence-electron chi connectivity index (χ0n) is 7.91. The van der Waals surface area contributed by atoms with E-state index in [9.17, 15) is 5.11 Å². The Hall–Kier alpha value is -0.830. The van der Waals surface area contributed by atoms with Gasteiger partial charge in [0.2, 0.25) is 0 Å². The number of aliphatic hydroxyl groups excluding tert-OH is 1. The van der Waals surface area contributed by atoms with Crippen LogP contribution in [0, 0.1) is 0 Å². The molecule has 0 aromatic carbocycles. The maximum absolute atomic E-state index is 9.33. The molecule has 1 aromatic rings. The SMILES string of the molecule is CCCc1ncc(C(C)O)n1C. The number of aromatic nitrogens is 2. The minimum Gasteiger partial charge on any atom is -0.387 e. The van der Waals surface area contributed by atoms with Crippen molar-refractivity contribution in [3.63, 3.8) is 0 Å². The largest absolute Gasteiger partial charge is 0.387 e. The molecule has 0 aliphatic carbocycles. The van der Waals surface area contributed by atoms with Gasteiger partial charge in [-0.3, -0.25) is 0 Å². The molecule has 0 aliphatic rings.